The van der Waals surface area contributed by atoms with Crippen molar-refractivity contribution in [1.82, 2.24) is 0 Å². The topological polar surface area (TPSA) is 55.8 Å². The number of hydrogen-bond donors (Lipinski definition) is 1. The third-order valence-electron chi connectivity index (χ3n) is 2.56. The highest BCUT2D eigenvalue weighted by Crippen LogP contribution is 2.40. The summed E-state index contributed by atoms with van der Waals surface area (Å²) in [5.74, 6) is -0.151. The lowest BCUT2D eigenvalue weighted by Gasteiger charge is -2.24. The number of aliphatic carboxylic acids is 1. The summed E-state index contributed by atoms with van der Waals surface area (Å²) in [6.07, 6.45) is 0.489. The number of carboxylic acids is 1. The number of hydrogen-bond acceptors (Lipinski definition) is 3. The molecule has 1 N–H and O–H groups in total. The van der Waals surface area contributed by atoms with Crippen LogP contribution in [0.25, 0.3) is 0 Å². The highest BCUT2D eigenvalue weighted by molar-refractivity contribution is 5.79. The zero-order valence-electron chi connectivity index (χ0n) is 8.40. The highest BCUT2D eigenvalue weighted by Gasteiger charge is 2.30. The van der Waals surface area contributed by atoms with Crippen LogP contribution in [-0.4, -0.2) is 24.8 Å². The summed E-state index contributed by atoms with van der Waals surface area (Å²) in [6, 6.07) is 5.32. The van der Waals surface area contributed by atoms with E-state index in [0.29, 0.717) is 30.1 Å². The number of fused-ring (bicyclic) bond motifs is 1. The average molecular weight is 208 g/mol. The van der Waals surface area contributed by atoms with Crippen molar-refractivity contribution < 1.29 is 19.4 Å². The van der Waals surface area contributed by atoms with Crippen molar-refractivity contribution in [3.63, 3.8) is 0 Å². The number of benzene rings is 1. The molecule has 1 unspecified atom stereocenters. The lowest BCUT2D eigenvalue weighted by atomic mass is 9.92. The first-order valence-corrected chi connectivity index (χ1v) is 4.76. The van der Waals surface area contributed by atoms with Gasteiger partial charge in [-0.2, -0.15) is 0 Å². The van der Waals surface area contributed by atoms with Crippen molar-refractivity contribution in [1.29, 1.82) is 0 Å². The molecule has 1 aromatic rings. The molecule has 4 heteroatoms. The van der Waals surface area contributed by atoms with Crippen LogP contribution < -0.4 is 9.47 Å². The molecule has 80 valence electrons. The van der Waals surface area contributed by atoms with Crippen molar-refractivity contribution in [3.05, 3.63) is 23.8 Å². The molecule has 0 saturated carbocycles. The van der Waals surface area contributed by atoms with Gasteiger partial charge in [-0.3, -0.25) is 4.79 Å². The molecule has 0 radical (unpaired) electrons. The van der Waals surface area contributed by atoms with E-state index in [4.69, 9.17) is 14.6 Å². The van der Waals surface area contributed by atoms with Crippen LogP contribution in [-0.2, 0) is 4.79 Å². The van der Waals surface area contributed by atoms with Crippen molar-refractivity contribution in [2.45, 2.75) is 12.3 Å². The predicted octanol–water partition coefficient (Wildman–Crippen LogP) is 1.65. The van der Waals surface area contributed by atoms with Gasteiger partial charge in [0.15, 0.2) is 0 Å². The minimum absolute atomic E-state index is 0.442. The Hall–Kier alpha value is -1.71. The van der Waals surface area contributed by atoms with E-state index in [1.807, 2.05) is 0 Å². The van der Waals surface area contributed by atoms with E-state index in [-0.39, 0.29) is 0 Å². The summed E-state index contributed by atoms with van der Waals surface area (Å²) < 4.78 is 10.6. The normalized spacial score (nSPS) is 18.9. The van der Waals surface area contributed by atoms with Gasteiger partial charge in [0.05, 0.1) is 25.2 Å². The largest absolute Gasteiger partial charge is 0.496 e. The molecule has 1 heterocycles. The number of ether oxygens (including phenoxy) is 2. The van der Waals surface area contributed by atoms with Crippen LogP contribution in [0.5, 0.6) is 11.5 Å². The zero-order chi connectivity index (χ0) is 10.8. The molecule has 0 fully saturated rings. The second kappa shape index (κ2) is 3.81. The first kappa shape index (κ1) is 9.83. The molecular weight excluding hydrogens is 196 g/mol. The van der Waals surface area contributed by atoms with Gasteiger partial charge in [-0.1, -0.05) is 6.07 Å². The van der Waals surface area contributed by atoms with E-state index in [2.05, 4.69) is 0 Å². The van der Waals surface area contributed by atoms with Crippen LogP contribution in [0.1, 0.15) is 17.9 Å². The molecule has 1 aliphatic rings. The smallest absolute Gasteiger partial charge is 0.311 e. The highest BCUT2D eigenvalue weighted by atomic mass is 16.5. The Morgan fingerprint density at radius 3 is 3.07 bits per heavy atom. The Labute approximate surface area is 87.4 Å². The molecular formula is C11H12O4. The summed E-state index contributed by atoms with van der Waals surface area (Å²) in [5, 5.41) is 9.09. The fourth-order valence-electron chi connectivity index (χ4n) is 1.85. The Balaban J connectivity index is 2.52. The summed E-state index contributed by atoms with van der Waals surface area (Å²) in [6.45, 7) is 0.442. The van der Waals surface area contributed by atoms with Crippen LogP contribution in [0.15, 0.2) is 18.2 Å². The Morgan fingerprint density at radius 2 is 2.40 bits per heavy atom. The zero-order valence-corrected chi connectivity index (χ0v) is 8.40. The summed E-state index contributed by atoms with van der Waals surface area (Å²) in [5.41, 5.74) is 0.652. The maximum Gasteiger partial charge on any atom is 0.311 e. The SMILES string of the molecule is COc1cccc2c1C(C(=O)O)CCO2. The standard InChI is InChI=1S/C11H12O4/c1-14-8-3-2-4-9-10(8)7(11(12)13)5-6-15-9/h2-4,7H,5-6H2,1H3,(H,12,13). The van der Waals surface area contributed by atoms with E-state index >= 15 is 0 Å². The van der Waals surface area contributed by atoms with Gasteiger partial charge in [-0.05, 0) is 18.6 Å². The summed E-state index contributed by atoms with van der Waals surface area (Å²) in [7, 11) is 1.53. The van der Waals surface area contributed by atoms with Gasteiger partial charge in [-0.25, -0.2) is 0 Å². The van der Waals surface area contributed by atoms with E-state index < -0.39 is 11.9 Å². The minimum atomic E-state index is -0.830. The van der Waals surface area contributed by atoms with Crippen LogP contribution in [0.3, 0.4) is 0 Å². The fourth-order valence-corrected chi connectivity index (χ4v) is 1.85. The Kier molecular flexibility index (Phi) is 2.49. The predicted molar refractivity (Wildman–Crippen MR) is 53.5 cm³/mol. The van der Waals surface area contributed by atoms with Gasteiger partial charge in [0.2, 0.25) is 0 Å². The van der Waals surface area contributed by atoms with E-state index in [0.717, 1.165) is 0 Å². The molecule has 0 saturated heterocycles. The molecule has 1 atom stereocenters. The van der Waals surface area contributed by atoms with E-state index in [9.17, 15) is 4.79 Å². The van der Waals surface area contributed by atoms with Gasteiger partial charge >= 0.3 is 5.97 Å². The molecule has 1 aromatic carbocycles. The molecule has 0 aromatic heterocycles. The Bertz CT molecular complexity index is 372. The molecule has 1 aliphatic heterocycles. The van der Waals surface area contributed by atoms with Gasteiger partial charge in [0.25, 0.3) is 0 Å². The van der Waals surface area contributed by atoms with E-state index in [1.54, 1.807) is 18.2 Å². The van der Waals surface area contributed by atoms with Crippen LogP contribution in [0.2, 0.25) is 0 Å². The molecule has 0 amide bonds. The minimum Gasteiger partial charge on any atom is -0.496 e. The molecule has 4 nitrogen and oxygen atoms in total. The second-order valence-corrected chi connectivity index (χ2v) is 3.40. The molecule has 2 rings (SSSR count). The molecule has 0 bridgehead atoms. The van der Waals surface area contributed by atoms with E-state index in [1.165, 1.54) is 7.11 Å². The lowest BCUT2D eigenvalue weighted by molar-refractivity contribution is -0.139. The fraction of sp³-hybridized carbons (Fsp3) is 0.364. The van der Waals surface area contributed by atoms with Crippen molar-refractivity contribution >= 4 is 5.97 Å². The summed E-state index contributed by atoms with van der Waals surface area (Å²) in [4.78, 5) is 11.1. The maximum atomic E-state index is 11.1. The second-order valence-electron chi connectivity index (χ2n) is 3.40. The van der Waals surface area contributed by atoms with Gasteiger partial charge < -0.3 is 14.6 Å². The van der Waals surface area contributed by atoms with Crippen molar-refractivity contribution in [3.8, 4) is 11.5 Å². The number of rotatable bonds is 2. The lowest BCUT2D eigenvalue weighted by Crippen LogP contribution is -2.21. The first-order valence-electron chi connectivity index (χ1n) is 4.76. The number of carboxylic acid groups (broad SMARTS) is 1. The van der Waals surface area contributed by atoms with Gasteiger partial charge in [-0.15, -0.1) is 0 Å². The van der Waals surface area contributed by atoms with Gasteiger partial charge in [0.1, 0.15) is 11.5 Å². The third-order valence-corrected chi connectivity index (χ3v) is 2.56. The van der Waals surface area contributed by atoms with Crippen LogP contribution >= 0.6 is 0 Å². The number of methoxy groups -OCH3 is 1. The quantitative estimate of drug-likeness (QED) is 0.802. The molecule has 15 heavy (non-hydrogen) atoms. The molecule has 0 aliphatic carbocycles. The Morgan fingerprint density at radius 1 is 1.60 bits per heavy atom. The van der Waals surface area contributed by atoms with Crippen molar-refractivity contribution in [2.75, 3.05) is 13.7 Å². The van der Waals surface area contributed by atoms with Gasteiger partial charge in [0, 0.05) is 0 Å². The average Bonchev–Trinajstić information content (AvgIpc) is 2.27. The number of carbonyl (C=O) groups is 1. The summed E-state index contributed by atoms with van der Waals surface area (Å²) >= 11 is 0. The monoisotopic (exact) mass is 208 g/mol. The van der Waals surface area contributed by atoms with Crippen LogP contribution in [0, 0.1) is 0 Å². The third kappa shape index (κ3) is 1.63. The first-order chi connectivity index (χ1) is 7.24. The van der Waals surface area contributed by atoms with Crippen molar-refractivity contribution in [2.24, 2.45) is 0 Å². The van der Waals surface area contributed by atoms with Crippen LogP contribution in [0.4, 0.5) is 0 Å². The maximum absolute atomic E-state index is 11.1. The molecule has 0 spiro atoms.